The fourth-order valence-electron chi connectivity index (χ4n) is 3.62. The molecule has 0 aromatic heterocycles. The standard InChI is InChI=1S/C19H22N2/c1-20-9-8-16-7-6-15(10-19(16)12-20)11-21-13-17-4-2-3-5-18(17)14-21/h2-7,10H,8-9,11-14H2,1H3. The maximum Gasteiger partial charge on any atom is 0.0244 e. The minimum absolute atomic E-state index is 1.06. The second-order valence-electron chi connectivity index (χ2n) is 6.50. The first-order valence-electron chi connectivity index (χ1n) is 7.86. The zero-order valence-electron chi connectivity index (χ0n) is 12.7. The number of likely N-dealkylation sites (N-methyl/N-ethyl adjacent to an activating group) is 1. The largest absolute Gasteiger partial charge is 0.302 e. The average Bonchev–Trinajstić information content (AvgIpc) is 2.89. The Balaban J connectivity index is 1.50. The van der Waals surface area contributed by atoms with Gasteiger partial charge in [0.15, 0.2) is 0 Å². The first-order chi connectivity index (χ1) is 10.3. The van der Waals surface area contributed by atoms with Gasteiger partial charge in [0, 0.05) is 32.7 Å². The Hall–Kier alpha value is -1.64. The monoisotopic (exact) mass is 278 g/mol. The highest BCUT2D eigenvalue weighted by atomic mass is 15.1. The van der Waals surface area contributed by atoms with Crippen molar-refractivity contribution in [3.63, 3.8) is 0 Å². The molecular weight excluding hydrogens is 256 g/mol. The minimum atomic E-state index is 1.06. The molecule has 2 nitrogen and oxygen atoms in total. The molecule has 4 rings (SSSR count). The Morgan fingerprint density at radius 3 is 2.38 bits per heavy atom. The maximum absolute atomic E-state index is 2.54. The van der Waals surface area contributed by atoms with Gasteiger partial charge in [-0.15, -0.1) is 0 Å². The van der Waals surface area contributed by atoms with Crippen LogP contribution in [0.15, 0.2) is 42.5 Å². The molecule has 2 heterocycles. The fourth-order valence-corrected chi connectivity index (χ4v) is 3.62. The number of fused-ring (bicyclic) bond motifs is 2. The Bertz CT molecular complexity index is 637. The number of nitrogens with zero attached hydrogens (tertiary/aromatic N) is 2. The summed E-state index contributed by atoms with van der Waals surface area (Å²) < 4.78 is 0. The molecule has 0 atom stereocenters. The van der Waals surface area contributed by atoms with Gasteiger partial charge in [0.05, 0.1) is 0 Å². The van der Waals surface area contributed by atoms with Gasteiger partial charge < -0.3 is 4.90 Å². The zero-order valence-corrected chi connectivity index (χ0v) is 12.7. The van der Waals surface area contributed by atoms with Crippen LogP contribution in [-0.4, -0.2) is 23.4 Å². The predicted octanol–water partition coefficient (Wildman–Crippen LogP) is 3.19. The van der Waals surface area contributed by atoms with E-state index in [1.807, 2.05) is 0 Å². The molecule has 2 aliphatic heterocycles. The van der Waals surface area contributed by atoms with E-state index in [0.29, 0.717) is 0 Å². The summed E-state index contributed by atoms with van der Waals surface area (Å²) in [6.07, 6.45) is 1.20. The van der Waals surface area contributed by atoms with Crippen molar-refractivity contribution in [2.24, 2.45) is 0 Å². The third-order valence-electron chi connectivity index (χ3n) is 4.79. The summed E-state index contributed by atoms with van der Waals surface area (Å²) in [6, 6.07) is 15.9. The Kier molecular flexibility index (Phi) is 3.28. The van der Waals surface area contributed by atoms with Gasteiger partial charge >= 0.3 is 0 Å². The van der Waals surface area contributed by atoms with Crippen LogP contribution in [0.4, 0.5) is 0 Å². The van der Waals surface area contributed by atoms with E-state index in [1.54, 1.807) is 5.56 Å². The van der Waals surface area contributed by atoms with Crippen LogP contribution in [0, 0.1) is 0 Å². The summed E-state index contributed by atoms with van der Waals surface area (Å²) >= 11 is 0. The molecule has 0 amide bonds. The third-order valence-corrected chi connectivity index (χ3v) is 4.79. The second-order valence-corrected chi connectivity index (χ2v) is 6.50. The van der Waals surface area contributed by atoms with Crippen molar-refractivity contribution in [3.05, 3.63) is 70.3 Å². The zero-order chi connectivity index (χ0) is 14.2. The van der Waals surface area contributed by atoms with Gasteiger partial charge in [-0.2, -0.15) is 0 Å². The normalized spacial score (nSPS) is 18.5. The van der Waals surface area contributed by atoms with Gasteiger partial charge in [-0.1, -0.05) is 42.5 Å². The number of rotatable bonds is 2. The van der Waals surface area contributed by atoms with Crippen LogP contribution in [-0.2, 0) is 32.6 Å². The molecule has 21 heavy (non-hydrogen) atoms. The van der Waals surface area contributed by atoms with Crippen LogP contribution in [0.1, 0.15) is 27.8 Å². The minimum Gasteiger partial charge on any atom is -0.302 e. The first kappa shape index (κ1) is 13.1. The molecule has 0 spiro atoms. The van der Waals surface area contributed by atoms with Crippen LogP contribution in [0.5, 0.6) is 0 Å². The number of hydrogen-bond donors (Lipinski definition) is 0. The molecule has 0 fully saturated rings. The van der Waals surface area contributed by atoms with E-state index in [1.165, 1.54) is 35.2 Å². The van der Waals surface area contributed by atoms with Crippen molar-refractivity contribution in [2.75, 3.05) is 13.6 Å². The predicted molar refractivity (Wildman–Crippen MR) is 85.9 cm³/mol. The lowest BCUT2D eigenvalue weighted by Crippen LogP contribution is -2.26. The topological polar surface area (TPSA) is 6.48 Å². The van der Waals surface area contributed by atoms with Crippen molar-refractivity contribution in [1.82, 2.24) is 9.80 Å². The van der Waals surface area contributed by atoms with Crippen LogP contribution in [0.25, 0.3) is 0 Å². The molecule has 2 aromatic rings. The van der Waals surface area contributed by atoms with E-state index < -0.39 is 0 Å². The Morgan fingerprint density at radius 2 is 1.62 bits per heavy atom. The van der Waals surface area contributed by atoms with Crippen LogP contribution < -0.4 is 0 Å². The molecular formula is C19H22N2. The lowest BCUT2D eigenvalue weighted by molar-refractivity contribution is 0.274. The molecule has 0 unspecified atom stereocenters. The van der Waals surface area contributed by atoms with E-state index in [-0.39, 0.29) is 0 Å². The molecule has 0 radical (unpaired) electrons. The lowest BCUT2D eigenvalue weighted by atomic mass is 9.97. The van der Waals surface area contributed by atoms with Gasteiger partial charge in [0.25, 0.3) is 0 Å². The summed E-state index contributed by atoms with van der Waals surface area (Å²) in [6.45, 7) is 5.53. The highest BCUT2D eigenvalue weighted by Gasteiger charge is 2.19. The maximum atomic E-state index is 2.54. The van der Waals surface area contributed by atoms with E-state index in [9.17, 15) is 0 Å². The van der Waals surface area contributed by atoms with Crippen molar-refractivity contribution >= 4 is 0 Å². The van der Waals surface area contributed by atoms with Crippen molar-refractivity contribution < 1.29 is 0 Å². The second kappa shape index (κ2) is 5.28. The lowest BCUT2D eigenvalue weighted by Gasteiger charge is -2.26. The van der Waals surface area contributed by atoms with Gasteiger partial charge in [0.1, 0.15) is 0 Å². The molecule has 2 aromatic carbocycles. The van der Waals surface area contributed by atoms with E-state index in [2.05, 4.69) is 59.3 Å². The quantitative estimate of drug-likeness (QED) is 0.832. The Labute approximate surface area is 127 Å². The molecule has 0 N–H and O–H groups in total. The van der Waals surface area contributed by atoms with Crippen LogP contribution >= 0.6 is 0 Å². The summed E-state index contributed by atoms with van der Waals surface area (Å²) in [4.78, 5) is 4.96. The SMILES string of the molecule is CN1CCc2ccc(CN3Cc4ccccc4C3)cc2C1. The molecule has 108 valence electrons. The molecule has 0 aliphatic carbocycles. The summed E-state index contributed by atoms with van der Waals surface area (Å²) in [5, 5.41) is 0. The highest BCUT2D eigenvalue weighted by Crippen LogP contribution is 2.25. The van der Waals surface area contributed by atoms with Crippen molar-refractivity contribution in [2.45, 2.75) is 32.6 Å². The van der Waals surface area contributed by atoms with Crippen molar-refractivity contribution in [3.8, 4) is 0 Å². The smallest absolute Gasteiger partial charge is 0.0244 e. The van der Waals surface area contributed by atoms with Crippen LogP contribution in [0.3, 0.4) is 0 Å². The number of hydrogen-bond acceptors (Lipinski definition) is 2. The summed E-state index contributed by atoms with van der Waals surface area (Å²) in [5.74, 6) is 0. The average molecular weight is 278 g/mol. The molecule has 2 heteroatoms. The van der Waals surface area contributed by atoms with Gasteiger partial charge in [-0.25, -0.2) is 0 Å². The van der Waals surface area contributed by atoms with Gasteiger partial charge in [-0.3, -0.25) is 4.90 Å². The van der Waals surface area contributed by atoms with E-state index in [4.69, 9.17) is 0 Å². The third kappa shape index (κ3) is 2.61. The Morgan fingerprint density at radius 1 is 0.857 bits per heavy atom. The summed E-state index contributed by atoms with van der Waals surface area (Å²) in [7, 11) is 2.22. The first-order valence-corrected chi connectivity index (χ1v) is 7.86. The summed E-state index contributed by atoms with van der Waals surface area (Å²) in [5.41, 5.74) is 7.52. The van der Waals surface area contributed by atoms with E-state index >= 15 is 0 Å². The number of benzene rings is 2. The van der Waals surface area contributed by atoms with Gasteiger partial charge in [0.2, 0.25) is 0 Å². The van der Waals surface area contributed by atoms with Gasteiger partial charge in [-0.05, 0) is 41.3 Å². The fraction of sp³-hybridized carbons (Fsp3) is 0.368. The van der Waals surface area contributed by atoms with E-state index in [0.717, 1.165) is 26.2 Å². The highest BCUT2D eigenvalue weighted by molar-refractivity contribution is 5.35. The molecule has 0 saturated heterocycles. The molecule has 2 aliphatic rings. The molecule has 0 bridgehead atoms. The molecule has 0 saturated carbocycles. The van der Waals surface area contributed by atoms with Crippen LogP contribution in [0.2, 0.25) is 0 Å². The van der Waals surface area contributed by atoms with Crippen molar-refractivity contribution in [1.29, 1.82) is 0 Å².